The van der Waals surface area contributed by atoms with Gasteiger partial charge in [0.15, 0.2) is 16.4 Å². The van der Waals surface area contributed by atoms with Crippen molar-refractivity contribution >= 4 is 27.3 Å². The van der Waals surface area contributed by atoms with Gasteiger partial charge in [0.25, 0.3) is 5.91 Å². The second-order valence-electron chi connectivity index (χ2n) is 8.00. The molecule has 2 aromatic rings. The molecular formula is C23H26N2O5S. The van der Waals surface area contributed by atoms with Crippen molar-refractivity contribution in [2.45, 2.75) is 31.8 Å². The van der Waals surface area contributed by atoms with Crippen LogP contribution in [-0.4, -0.2) is 55.8 Å². The third-order valence-corrected chi connectivity index (χ3v) is 7.48. The zero-order chi connectivity index (χ0) is 21.8. The van der Waals surface area contributed by atoms with Gasteiger partial charge in [0.05, 0.1) is 11.5 Å². The third-order valence-electron chi connectivity index (χ3n) is 5.73. The van der Waals surface area contributed by atoms with E-state index in [9.17, 15) is 18.0 Å². The van der Waals surface area contributed by atoms with Gasteiger partial charge < -0.3 is 14.5 Å². The number of sulfone groups is 1. The van der Waals surface area contributed by atoms with Crippen LogP contribution >= 0.6 is 0 Å². The molecule has 7 nitrogen and oxygen atoms in total. The Balaban J connectivity index is 1.45. The van der Waals surface area contributed by atoms with Crippen molar-refractivity contribution in [1.29, 1.82) is 0 Å². The summed E-state index contributed by atoms with van der Waals surface area (Å²) in [5, 5.41) is 0. The summed E-state index contributed by atoms with van der Waals surface area (Å²) < 4.78 is 29.7. The number of hydrogen-bond donors (Lipinski definition) is 0. The molecule has 0 bridgehead atoms. The first-order valence-electron chi connectivity index (χ1n) is 10.5. The number of ether oxygens (including phenoxy) is 1. The van der Waals surface area contributed by atoms with Crippen molar-refractivity contribution < 1.29 is 22.7 Å². The summed E-state index contributed by atoms with van der Waals surface area (Å²) in [4.78, 5) is 28.4. The van der Waals surface area contributed by atoms with E-state index in [1.54, 1.807) is 28.0 Å². The lowest BCUT2D eigenvalue weighted by atomic mass is 10.1. The molecule has 2 fully saturated rings. The van der Waals surface area contributed by atoms with Crippen molar-refractivity contribution in [3.8, 4) is 5.75 Å². The fourth-order valence-corrected chi connectivity index (χ4v) is 5.84. The number of carbonyl (C=O) groups is 2. The highest BCUT2D eigenvalue weighted by Gasteiger charge is 2.34. The molecule has 2 saturated heterocycles. The Morgan fingerprint density at radius 2 is 1.94 bits per heavy atom. The molecule has 0 unspecified atom stereocenters. The standard InChI is InChI=1S/C23H26N2O5S/c26-22-10-5-12-24(22)19-8-4-9-21(14-19)30-16-23(27)25(15-18-6-2-1-3-7-18)20-11-13-31(28,29)17-20/h1-4,6-9,14,20H,5,10-13,15-17H2/t20-/m0/s1. The van der Waals surface area contributed by atoms with E-state index in [4.69, 9.17) is 4.74 Å². The van der Waals surface area contributed by atoms with Crippen molar-refractivity contribution in [1.82, 2.24) is 4.90 Å². The molecule has 2 heterocycles. The van der Waals surface area contributed by atoms with Crippen LogP contribution in [-0.2, 0) is 26.0 Å². The quantitative estimate of drug-likeness (QED) is 0.658. The zero-order valence-corrected chi connectivity index (χ0v) is 18.1. The minimum Gasteiger partial charge on any atom is -0.484 e. The first kappa shape index (κ1) is 21.4. The molecule has 2 aromatic carbocycles. The zero-order valence-electron chi connectivity index (χ0n) is 17.3. The van der Waals surface area contributed by atoms with Crippen LogP contribution in [0.2, 0.25) is 0 Å². The number of amides is 2. The predicted octanol–water partition coefficient (Wildman–Crippen LogP) is 2.41. The Kier molecular flexibility index (Phi) is 6.27. The van der Waals surface area contributed by atoms with Crippen LogP contribution in [0.25, 0.3) is 0 Å². The Bertz CT molecular complexity index is 1050. The maximum Gasteiger partial charge on any atom is 0.261 e. The summed E-state index contributed by atoms with van der Waals surface area (Å²) in [5.41, 5.74) is 1.70. The van der Waals surface area contributed by atoms with E-state index in [-0.39, 0.29) is 36.0 Å². The summed E-state index contributed by atoms with van der Waals surface area (Å²) in [6, 6.07) is 16.3. The average Bonchev–Trinajstić information content (AvgIpc) is 3.36. The molecule has 0 radical (unpaired) electrons. The topological polar surface area (TPSA) is 84.0 Å². The smallest absolute Gasteiger partial charge is 0.261 e. The molecule has 0 spiro atoms. The van der Waals surface area contributed by atoms with Gasteiger partial charge in [-0.3, -0.25) is 9.59 Å². The molecule has 0 aromatic heterocycles. The van der Waals surface area contributed by atoms with Gasteiger partial charge in [-0.1, -0.05) is 36.4 Å². The lowest BCUT2D eigenvalue weighted by molar-refractivity contribution is -0.136. The van der Waals surface area contributed by atoms with Crippen molar-refractivity contribution in [2.75, 3.05) is 29.6 Å². The summed E-state index contributed by atoms with van der Waals surface area (Å²) in [6.45, 7) is 0.828. The summed E-state index contributed by atoms with van der Waals surface area (Å²) in [7, 11) is -3.13. The van der Waals surface area contributed by atoms with E-state index >= 15 is 0 Å². The summed E-state index contributed by atoms with van der Waals surface area (Å²) >= 11 is 0. The highest BCUT2D eigenvalue weighted by atomic mass is 32.2. The van der Waals surface area contributed by atoms with E-state index in [1.165, 1.54) is 0 Å². The predicted molar refractivity (Wildman–Crippen MR) is 118 cm³/mol. The fraction of sp³-hybridized carbons (Fsp3) is 0.391. The second kappa shape index (κ2) is 9.09. The minimum absolute atomic E-state index is 0.0157. The fourth-order valence-electron chi connectivity index (χ4n) is 4.11. The maximum atomic E-state index is 13.1. The minimum atomic E-state index is -3.13. The van der Waals surface area contributed by atoms with Crippen LogP contribution in [0.1, 0.15) is 24.8 Å². The molecule has 0 aliphatic carbocycles. The van der Waals surface area contributed by atoms with Crippen molar-refractivity contribution in [3.05, 3.63) is 60.2 Å². The van der Waals surface area contributed by atoms with E-state index in [1.807, 2.05) is 36.4 Å². The van der Waals surface area contributed by atoms with Gasteiger partial charge in [-0.2, -0.15) is 0 Å². The summed E-state index contributed by atoms with van der Waals surface area (Å²) in [6.07, 6.45) is 1.82. The van der Waals surface area contributed by atoms with Crippen LogP contribution in [0.3, 0.4) is 0 Å². The molecule has 2 aliphatic rings. The van der Waals surface area contributed by atoms with Crippen molar-refractivity contribution in [2.24, 2.45) is 0 Å². The lowest BCUT2D eigenvalue weighted by Crippen LogP contribution is -2.43. The highest BCUT2D eigenvalue weighted by molar-refractivity contribution is 7.91. The van der Waals surface area contributed by atoms with Crippen LogP contribution in [0.4, 0.5) is 5.69 Å². The third kappa shape index (κ3) is 5.25. The molecule has 0 saturated carbocycles. The first-order valence-corrected chi connectivity index (χ1v) is 12.3. The van der Waals surface area contributed by atoms with E-state index in [0.29, 0.717) is 31.7 Å². The second-order valence-corrected chi connectivity index (χ2v) is 10.2. The van der Waals surface area contributed by atoms with Gasteiger partial charge >= 0.3 is 0 Å². The van der Waals surface area contributed by atoms with Crippen LogP contribution in [0.5, 0.6) is 5.75 Å². The molecule has 31 heavy (non-hydrogen) atoms. The molecule has 4 rings (SSSR count). The largest absolute Gasteiger partial charge is 0.484 e. The Hall–Kier alpha value is -2.87. The molecule has 2 aliphatic heterocycles. The molecule has 8 heteroatoms. The first-order chi connectivity index (χ1) is 14.9. The van der Waals surface area contributed by atoms with Crippen LogP contribution < -0.4 is 9.64 Å². The Morgan fingerprint density at radius 1 is 1.13 bits per heavy atom. The van der Waals surface area contributed by atoms with Gasteiger partial charge in [-0.05, 0) is 30.5 Å². The Morgan fingerprint density at radius 3 is 2.61 bits per heavy atom. The van der Waals surface area contributed by atoms with Gasteiger partial charge in [0.2, 0.25) is 5.91 Å². The maximum absolute atomic E-state index is 13.1. The van der Waals surface area contributed by atoms with Crippen molar-refractivity contribution in [3.63, 3.8) is 0 Å². The Labute approximate surface area is 182 Å². The van der Waals surface area contributed by atoms with Crippen LogP contribution in [0, 0.1) is 0 Å². The molecule has 0 N–H and O–H groups in total. The molecule has 164 valence electrons. The van der Waals surface area contributed by atoms with Gasteiger partial charge in [-0.25, -0.2) is 8.42 Å². The molecule has 1 atom stereocenters. The van der Waals surface area contributed by atoms with E-state index in [0.717, 1.165) is 17.7 Å². The summed E-state index contributed by atoms with van der Waals surface area (Å²) in [5.74, 6) is 0.420. The number of anilines is 1. The lowest BCUT2D eigenvalue weighted by Gasteiger charge is -2.28. The number of rotatable bonds is 7. The van der Waals surface area contributed by atoms with Gasteiger partial charge in [-0.15, -0.1) is 0 Å². The molecular weight excluding hydrogens is 416 g/mol. The average molecular weight is 443 g/mol. The van der Waals surface area contributed by atoms with Gasteiger partial charge in [0, 0.05) is 37.3 Å². The SMILES string of the molecule is O=C1CCCN1c1cccc(OCC(=O)N(Cc2ccccc2)[C@H]2CCS(=O)(=O)C2)c1. The van der Waals surface area contributed by atoms with E-state index in [2.05, 4.69) is 0 Å². The van der Waals surface area contributed by atoms with Gasteiger partial charge in [0.1, 0.15) is 5.75 Å². The monoisotopic (exact) mass is 442 g/mol. The number of nitrogens with zero attached hydrogens (tertiary/aromatic N) is 2. The van der Waals surface area contributed by atoms with E-state index < -0.39 is 9.84 Å². The van der Waals surface area contributed by atoms with Crippen LogP contribution in [0.15, 0.2) is 54.6 Å². The highest BCUT2D eigenvalue weighted by Crippen LogP contribution is 2.26. The molecule has 2 amide bonds. The number of carbonyl (C=O) groups excluding carboxylic acids is 2. The number of benzene rings is 2. The number of hydrogen-bond acceptors (Lipinski definition) is 5. The normalized spacial score (nSPS) is 20.1.